The van der Waals surface area contributed by atoms with Gasteiger partial charge in [0.05, 0.1) is 5.75 Å². The van der Waals surface area contributed by atoms with E-state index in [9.17, 15) is 4.79 Å². The van der Waals surface area contributed by atoms with Crippen molar-refractivity contribution < 1.29 is 9.53 Å². The molecule has 0 spiro atoms. The van der Waals surface area contributed by atoms with E-state index in [1.165, 1.54) is 16.0 Å². The zero-order chi connectivity index (χ0) is 13.4. The van der Waals surface area contributed by atoms with Crippen molar-refractivity contribution in [3.05, 3.63) is 29.3 Å². The predicted molar refractivity (Wildman–Crippen MR) is 76.1 cm³/mol. The van der Waals surface area contributed by atoms with Crippen molar-refractivity contribution in [3.63, 3.8) is 0 Å². The Morgan fingerprint density at radius 2 is 2.17 bits per heavy atom. The zero-order valence-corrected chi connectivity index (χ0v) is 12.1. The minimum absolute atomic E-state index is 0.0806. The maximum absolute atomic E-state index is 11.6. The SMILES string of the molecule is COCCCNC(=O)CSc1cc(C)ccc1C. The maximum atomic E-state index is 11.6. The molecule has 0 heterocycles. The maximum Gasteiger partial charge on any atom is 0.230 e. The Balaban J connectivity index is 2.31. The van der Waals surface area contributed by atoms with Crippen molar-refractivity contribution in [2.24, 2.45) is 0 Å². The number of ether oxygens (including phenoxy) is 1. The lowest BCUT2D eigenvalue weighted by Gasteiger charge is -2.07. The molecule has 0 saturated carbocycles. The number of hydrogen-bond acceptors (Lipinski definition) is 3. The number of nitrogens with one attached hydrogen (secondary N) is 1. The van der Waals surface area contributed by atoms with Crippen molar-refractivity contribution in [2.45, 2.75) is 25.2 Å². The van der Waals surface area contributed by atoms with Gasteiger partial charge in [-0.15, -0.1) is 11.8 Å². The number of rotatable bonds is 7. The fourth-order valence-electron chi connectivity index (χ4n) is 1.50. The van der Waals surface area contributed by atoms with Crippen molar-refractivity contribution >= 4 is 17.7 Å². The average Bonchev–Trinajstić information content (AvgIpc) is 2.36. The third-order valence-electron chi connectivity index (χ3n) is 2.55. The Bertz CT molecular complexity index is 393. The number of amides is 1. The van der Waals surface area contributed by atoms with Crippen molar-refractivity contribution in [1.82, 2.24) is 5.32 Å². The van der Waals surface area contributed by atoms with Gasteiger partial charge in [-0.05, 0) is 31.9 Å². The molecule has 1 amide bonds. The largest absolute Gasteiger partial charge is 0.385 e. The molecular weight excluding hydrogens is 246 g/mol. The molecule has 0 aromatic heterocycles. The average molecular weight is 267 g/mol. The molecule has 0 aliphatic carbocycles. The molecule has 0 saturated heterocycles. The standard InChI is InChI=1S/C14H21NO2S/c1-11-5-6-12(2)13(9-11)18-10-14(16)15-7-4-8-17-3/h5-6,9H,4,7-8,10H2,1-3H3,(H,15,16). The third-order valence-corrected chi connectivity index (χ3v) is 3.71. The highest BCUT2D eigenvalue weighted by Gasteiger charge is 2.04. The summed E-state index contributed by atoms with van der Waals surface area (Å²) in [4.78, 5) is 12.8. The fraction of sp³-hybridized carbons (Fsp3) is 0.500. The predicted octanol–water partition coefficient (Wildman–Crippen LogP) is 2.55. The Hall–Kier alpha value is -1.00. The second-order valence-corrected chi connectivity index (χ2v) is 5.27. The molecule has 1 N–H and O–H groups in total. The Morgan fingerprint density at radius 3 is 2.89 bits per heavy atom. The highest BCUT2D eigenvalue weighted by atomic mass is 32.2. The van der Waals surface area contributed by atoms with Gasteiger partial charge in [0.25, 0.3) is 0 Å². The lowest BCUT2D eigenvalue weighted by Crippen LogP contribution is -2.26. The summed E-state index contributed by atoms with van der Waals surface area (Å²) >= 11 is 1.59. The van der Waals surface area contributed by atoms with E-state index in [-0.39, 0.29) is 5.91 Å². The summed E-state index contributed by atoms with van der Waals surface area (Å²) in [6, 6.07) is 6.30. The molecule has 1 aromatic rings. The van der Waals surface area contributed by atoms with E-state index in [0.717, 1.165) is 6.42 Å². The van der Waals surface area contributed by atoms with Crippen LogP contribution >= 0.6 is 11.8 Å². The van der Waals surface area contributed by atoms with Gasteiger partial charge in [0.15, 0.2) is 0 Å². The minimum atomic E-state index is 0.0806. The van der Waals surface area contributed by atoms with Gasteiger partial charge >= 0.3 is 0 Å². The summed E-state index contributed by atoms with van der Waals surface area (Å²) in [5.41, 5.74) is 2.45. The van der Waals surface area contributed by atoms with Crippen LogP contribution in [0.15, 0.2) is 23.1 Å². The lowest BCUT2D eigenvalue weighted by molar-refractivity contribution is -0.118. The number of carbonyl (C=O) groups is 1. The molecule has 100 valence electrons. The monoisotopic (exact) mass is 267 g/mol. The molecule has 1 rings (SSSR count). The molecule has 0 atom stereocenters. The van der Waals surface area contributed by atoms with Gasteiger partial charge in [0.1, 0.15) is 0 Å². The van der Waals surface area contributed by atoms with Crippen LogP contribution in [0.3, 0.4) is 0 Å². The minimum Gasteiger partial charge on any atom is -0.385 e. The highest BCUT2D eigenvalue weighted by Crippen LogP contribution is 2.23. The smallest absolute Gasteiger partial charge is 0.230 e. The number of aryl methyl sites for hydroxylation is 2. The molecule has 0 unspecified atom stereocenters. The summed E-state index contributed by atoms with van der Waals surface area (Å²) in [5, 5.41) is 2.88. The van der Waals surface area contributed by atoms with Crippen LogP contribution in [0.5, 0.6) is 0 Å². The summed E-state index contributed by atoms with van der Waals surface area (Å²) in [7, 11) is 1.66. The van der Waals surface area contributed by atoms with Crippen LogP contribution in [0.25, 0.3) is 0 Å². The van der Waals surface area contributed by atoms with Crippen LogP contribution < -0.4 is 5.32 Å². The van der Waals surface area contributed by atoms with Crippen molar-refractivity contribution in [2.75, 3.05) is 26.0 Å². The van der Waals surface area contributed by atoms with Crippen LogP contribution in [-0.2, 0) is 9.53 Å². The van der Waals surface area contributed by atoms with E-state index in [1.54, 1.807) is 18.9 Å². The van der Waals surface area contributed by atoms with E-state index in [2.05, 4.69) is 37.4 Å². The van der Waals surface area contributed by atoms with Gasteiger partial charge in [-0.2, -0.15) is 0 Å². The normalized spacial score (nSPS) is 10.4. The molecule has 4 heteroatoms. The molecule has 0 fully saturated rings. The summed E-state index contributed by atoms with van der Waals surface area (Å²) in [6.07, 6.45) is 0.858. The number of methoxy groups -OCH3 is 1. The number of benzene rings is 1. The quantitative estimate of drug-likeness (QED) is 0.609. The lowest BCUT2D eigenvalue weighted by atomic mass is 10.2. The molecule has 0 radical (unpaired) electrons. The number of thioether (sulfide) groups is 1. The fourth-order valence-corrected chi connectivity index (χ4v) is 2.46. The second kappa shape index (κ2) is 8.16. The highest BCUT2D eigenvalue weighted by molar-refractivity contribution is 8.00. The van der Waals surface area contributed by atoms with Crippen LogP contribution in [0, 0.1) is 13.8 Å². The van der Waals surface area contributed by atoms with Gasteiger partial charge in [-0.1, -0.05) is 17.7 Å². The summed E-state index contributed by atoms with van der Waals surface area (Å²) in [6.45, 7) is 5.50. The van der Waals surface area contributed by atoms with Crippen LogP contribution in [0.4, 0.5) is 0 Å². The van der Waals surface area contributed by atoms with Crippen molar-refractivity contribution in [3.8, 4) is 0 Å². The molecule has 0 aliphatic heterocycles. The summed E-state index contributed by atoms with van der Waals surface area (Å²) < 4.78 is 4.93. The Kier molecular flexibility index (Phi) is 6.83. The van der Waals surface area contributed by atoms with E-state index in [4.69, 9.17) is 4.74 Å². The van der Waals surface area contributed by atoms with Gasteiger partial charge in [0.2, 0.25) is 5.91 Å². The number of hydrogen-bond donors (Lipinski definition) is 1. The van der Waals surface area contributed by atoms with Crippen LogP contribution in [-0.4, -0.2) is 31.9 Å². The molecular formula is C14H21NO2S. The van der Waals surface area contributed by atoms with Crippen LogP contribution in [0.2, 0.25) is 0 Å². The second-order valence-electron chi connectivity index (χ2n) is 4.25. The van der Waals surface area contributed by atoms with Gasteiger partial charge in [0, 0.05) is 25.2 Å². The van der Waals surface area contributed by atoms with Crippen molar-refractivity contribution in [1.29, 1.82) is 0 Å². The van der Waals surface area contributed by atoms with Crippen LogP contribution in [0.1, 0.15) is 17.5 Å². The van der Waals surface area contributed by atoms with Gasteiger partial charge in [-0.25, -0.2) is 0 Å². The first-order valence-electron chi connectivity index (χ1n) is 6.09. The molecule has 18 heavy (non-hydrogen) atoms. The van der Waals surface area contributed by atoms with Gasteiger partial charge in [-0.3, -0.25) is 4.79 Å². The van der Waals surface area contributed by atoms with E-state index < -0.39 is 0 Å². The third kappa shape index (κ3) is 5.56. The zero-order valence-electron chi connectivity index (χ0n) is 11.3. The number of carbonyl (C=O) groups excluding carboxylic acids is 1. The Labute approximate surface area is 113 Å². The first kappa shape index (κ1) is 15.1. The molecule has 1 aromatic carbocycles. The summed E-state index contributed by atoms with van der Waals surface area (Å²) in [5.74, 6) is 0.550. The van der Waals surface area contributed by atoms with E-state index in [1.807, 2.05) is 0 Å². The van der Waals surface area contributed by atoms with Gasteiger partial charge < -0.3 is 10.1 Å². The topological polar surface area (TPSA) is 38.3 Å². The van der Waals surface area contributed by atoms with E-state index in [0.29, 0.717) is 18.9 Å². The molecule has 0 aliphatic rings. The van der Waals surface area contributed by atoms with E-state index >= 15 is 0 Å². The molecule has 3 nitrogen and oxygen atoms in total. The molecule has 0 bridgehead atoms. The first-order chi connectivity index (χ1) is 8.63. The first-order valence-corrected chi connectivity index (χ1v) is 7.07. The Morgan fingerprint density at radius 1 is 1.39 bits per heavy atom.